The number of pyridine rings is 1. The van der Waals surface area contributed by atoms with Crippen LogP contribution in [0, 0.1) is 0 Å². The lowest BCUT2D eigenvalue weighted by molar-refractivity contribution is 0.101. The number of H-pyrrole nitrogens is 1. The minimum absolute atomic E-state index is 0.113. The smallest absolute Gasteiger partial charge is 0.439 e. The van der Waals surface area contributed by atoms with Crippen molar-refractivity contribution in [1.29, 1.82) is 0 Å². The molecule has 1 amide bonds. The molecule has 0 unspecified atom stereocenters. The van der Waals surface area contributed by atoms with E-state index in [1.807, 2.05) is 30.3 Å². The van der Waals surface area contributed by atoms with E-state index in [0.29, 0.717) is 12.3 Å². The minimum Gasteiger partial charge on any atom is -0.453 e. The molecule has 9 nitrogen and oxygen atoms in total. The predicted octanol–water partition coefficient (Wildman–Crippen LogP) is 3.92. The fourth-order valence-electron chi connectivity index (χ4n) is 2.84. The van der Waals surface area contributed by atoms with Crippen LogP contribution in [0.25, 0.3) is 0 Å². The monoisotopic (exact) mass is 472 g/mol. The quantitative estimate of drug-likeness (QED) is 0.438. The molecule has 0 saturated heterocycles. The van der Waals surface area contributed by atoms with Crippen LogP contribution in [-0.2, 0) is 6.54 Å². The second-order valence-electron chi connectivity index (χ2n) is 6.59. The lowest BCUT2D eigenvalue weighted by Crippen LogP contribution is -2.18. The molecule has 2 heterocycles. The number of nitrogens with zero attached hydrogens (tertiary/aromatic N) is 2. The molecule has 0 aliphatic heterocycles. The topological polar surface area (TPSA) is 119 Å². The highest BCUT2D eigenvalue weighted by molar-refractivity contribution is 6.37. The molecule has 4 aromatic rings. The third-order valence-electron chi connectivity index (χ3n) is 4.28. The van der Waals surface area contributed by atoms with Crippen molar-refractivity contribution in [2.75, 3.05) is 5.32 Å². The Hall–Kier alpha value is -3.82. The Kier molecular flexibility index (Phi) is 6.11. The van der Waals surface area contributed by atoms with Gasteiger partial charge in [-0.1, -0.05) is 53.5 Å². The van der Waals surface area contributed by atoms with E-state index in [-0.39, 0.29) is 32.9 Å². The summed E-state index contributed by atoms with van der Waals surface area (Å²) in [4.78, 5) is 37.4. The highest BCUT2D eigenvalue weighted by Gasteiger charge is 2.16. The number of carbonyl (C=O) groups excluding carboxylic acids is 1. The van der Waals surface area contributed by atoms with E-state index >= 15 is 0 Å². The standard InChI is InChI=1S/C21H14Cl2N4O5/c22-15-8-13(24-20(29)19-25-21(30)32-26-19)9-16(23)18(15)31-14-6-7-17(28)27(11-14)10-12-4-2-1-3-5-12/h1-9,11H,10H2,(H,24,29)(H,25,26,30). The number of anilines is 1. The van der Waals surface area contributed by atoms with Crippen LogP contribution in [0.1, 0.15) is 16.2 Å². The maximum atomic E-state index is 12.2. The Labute approximate surface area is 190 Å². The molecule has 0 fully saturated rings. The maximum absolute atomic E-state index is 12.2. The molecule has 0 bridgehead atoms. The van der Waals surface area contributed by atoms with Crippen molar-refractivity contribution >= 4 is 34.8 Å². The van der Waals surface area contributed by atoms with Crippen molar-refractivity contribution in [2.24, 2.45) is 0 Å². The van der Waals surface area contributed by atoms with E-state index in [1.54, 1.807) is 6.20 Å². The lowest BCUT2D eigenvalue weighted by atomic mass is 10.2. The summed E-state index contributed by atoms with van der Waals surface area (Å²) in [5.74, 6) is -1.39. The number of aromatic amines is 1. The molecular weight excluding hydrogens is 459 g/mol. The number of rotatable bonds is 6. The third kappa shape index (κ3) is 4.90. The highest BCUT2D eigenvalue weighted by Crippen LogP contribution is 2.38. The van der Waals surface area contributed by atoms with E-state index in [4.69, 9.17) is 27.9 Å². The maximum Gasteiger partial charge on any atom is 0.439 e. The first-order valence-electron chi connectivity index (χ1n) is 9.18. The van der Waals surface area contributed by atoms with Crippen molar-refractivity contribution in [3.8, 4) is 11.5 Å². The van der Waals surface area contributed by atoms with Crippen molar-refractivity contribution in [1.82, 2.24) is 14.7 Å². The Morgan fingerprint density at radius 2 is 1.81 bits per heavy atom. The van der Waals surface area contributed by atoms with Crippen molar-refractivity contribution < 1.29 is 14.1 Å². The third-order valence-corrected chi connectivity index (χ3v) is 4.85. The fraction of sp³-hybridized carbons (Fsp3) is 0.0476. The number of hydrogen-bond donors (Lipinski definition) is 2. The summed E-state index contributed by atoms with van der Waals surface area (Å²) in [6.45, 7) is 0.368. The first kappa shape index (κ1) is 21.4. The number of benzene rings is 2. The molecule has 0 saturated carbocycles. The van der Waals surface area contributed by atoms with E-state index in [9.17, 15) is 14.4 Å². The summed E-state index contributed by atoms with van der Waals surface area (Å²) in [5, 5.41) is 6.01. The first-order chi connectivity index (χ1) is 15.4. The van der Waals surface area contributed by atoms with Gasteiger partial charge in [0.15, 0.2) is 5.75 Å². The van der Waals surface area contributed by atoms with Gasteiger partial charge < -0.3 is 14.6 Å². The minimum atomic E-state index is -0.858. The number of ether oxygens (including phenoxy) is 1. The summed E-state index contributed by atoms with van der Waals surface area (Å²) < 4.78 is 11.6. The second kappa shape index (κ2) is 9.13. The van der Waals surface area contributed by atoms with Crippen molar-refractivity contribution in [2.45, 2.75) is 6.54 Å². The molecule has 0 spiro atoms. The number of aromatic nitrogens is 3. The van der Waals surface area contributed by atoms with Gasteiger partial charge in [0.05, 0.1) is 22.8 Å². The van der Waals surface area contributed by atoms with Crippen LogP contribution >= 0.6 is 23.2 Å². The average Bonchev–Trinajstić information content (AvgIpc) is 3.20. The Balaban J connectivity index is 1.54. The van der Waals surface area contributed by atoms with Crippen LogP contribution in [0.15, 0.2) is 74.9 Å². The van der Waals surface area contributed by atoms with Crippen LogP contribution in [0.3, 0.4) is 0 Å². The van der Waals surface area contributed by atoms with Gasteiger partial charge in [0.2, 0.25) is 5.82 Å². The van der Waals surface area contributed by atoms with Gasteiger partial charge in [0, 0.05) is 11.8 Å². The SMILES string of the molecule is O=C(Nc1cc(Cl)c(Oc2ccc(=O)n(Cc3ccccc3)c2)c(Cl)c1)c1noc(=O)[nH]1. The summed E-state index contributed by atoms with van der Waals surface area (Å²) >= 11 is 12.6. The average molecular weight is 473 g/mol. The fourth-order valence-corrected chi connectivity index (χ4v) is 3.40. The molecule has 4 rings (SSSR count). The molecule has 0 radical (unpaired) electrons. The molecule has 32 heavy (non-hydrogen) atoms. The van der Waals surface area contributed by atoms with Crippen LogP contribution < -0.4 is 21.4 Å². The first-order valence-corrected chi connectivity index (χ1v) is 9.93. The Bertz CT molecular complexity index is 1370. The van der Waals surface area contributed by atoms with Gasteiger partial charge in [-0.2, -0.15) is 0 Å². The number of halogens is 2. The van der Waals surface area contributed by atoms with E-state index in [1.165, 1.54) is 28.8 Å². The van der Waals surface area contributed by atoms with E-state index in [0.717, 1.165) is 5.56 Å². The molecule has 11 heteroatoms. The van der Waals surface area contributed by atoms with Crippen molar-refractivity contribution in [3.63, 3.8) is 0 Å². The Morgan fingerprint density at radius 1 is 1.09 bits per heavy atom. The lowest BCUT2D eigenvalue weighted by Gasteiger charge is -2.13. The zero-order chi connectivity index (χ0) is 22.7. The zero-order valence-electron chi connectivity index (χ0n) is 16.2. The molecule has 2 N–H and O–H groups in total. The van der Waals surface area contributed by atoms with Gasteiger partial charge in [-0.15, -0.1) is 0 Å². The van der Waals surface area contributed by atoms with Crippen LogP contribution in [0.5, 0.6) is 11.5 Å². The number of amides is 1. The van der Waals surface area contributed by atoms with Gasteiger partial charge in [-0.3, -0.25) is 19.1 Å². The Morgan fingerprint density at radius 3 is 2.47 bits per heavy atom. The summed E-state index contributed by atoms with van der Waals surface area (Å²) in [6.07, 6.45) is 1.55. The summed E-state index contributed by atoms with van der Waals surface area (Å²) in [7, 11) is 0. The molecule has 2 aromatic carbocycles. The second-order valence-corrected chi connectivity index (χ2v) is 7.40. The molecule has 0 aliphatic carbocycles. The molecule has 2 aromatic heterocycles. The van der Waals surface area contributed by atoms with Gasteiger partial charge in [0.1, 0.15) is 5.75 Å². The van der Waals surface area contributed by atoms with Gasteiger partial charge in [-0.25, -0.2) is 4.79 Å². The number of hydrogen-bond acceptors (Lipinski definition) is 6. The molecule has 0 atom stereocenters. The van der Waals surface area contributed by atoms with E-state index in [2.05, 4.69) is 20.0 Å². The molecule has 0 aliphatic rings. The summed E-state index contributed by atoms with van der Waals surface area (Å²) in [5.41, 5.74) is 1.01. The van der Waals surface area contributed by atoms with Crippen molar-refractivity contribution in [3.05, 3.63) is 103 Å². The van der Waals surface area contributed by atoms with Crippen LogP contribution in [-0.4, -0.2) is 20.6 Å². The number of carbonyl (C=O) groups is 1. The molecular formula is C21H14Cl2N4O5. The normalized spacial score (nSPS) is 10.7. The largest absolute Gasteiger partial charge is 0.453 e. The van der Waals surface area contributed by atoms with Crippen LogP contribution in [0.4, 0.5) is 5.69 Å². The zero-order valence-corrected chi connectivity index (χ0v) is 17.7. The molecule has 162 valence electrons. The van der Waals surface area contributed by atoms with Gasteiger partial charge >= 0.3 is 5.76 Å². The number of nitrogens with one attached hydrogen (secondary N) is 2. The highest BCUT2D eigenvalue weighted by atomic mass is 35.5. The van der Waals surface area contributed by atoms with E-state index < -0.39 is 11.7 Å². The van der Waals surface area contributed by atoms with Crippen LogP contribution in [0.2, 0.25) is 10.0 Å². The predicted molar refractivity (Wildman–Crippen MR) is 118 cm³/mol. The van der Waals surface area contributed by atoms with Gasteiger partial charge in [-0.05, 0) is 28.9 Å². The summed E-state index contributed by atoms with van der Waals surface area (Å²) in [6, 6.07) is 15.2. The van der Waals surface area contributed by atoms with Gasteiger partial charge in [0.25, 0.3) is 11.5 Å².